The molecule has 0 amide bonds. The van der Waals surface area contributed by atoms with Crippen molar-refractivity contribution in [2.45, 2.75) is 38.6 Å². The summed E-state index contributed by atoms with van der Waals surface area (Å²) >= 11 is 0. The summed E-state index contributed by atoms with van der Waals surface area (Å²) in [4.78, 5) is 0. The molecule has 1 aromatic heterocycles. The number of aromatic nitrogens is 2. The highest BCUT2D eigenvalue weighted by atomic mass is 19.1. The molecule has 0 spiro atoms. The van der Waals surface area contributed by atoms with Gasteiger partial charge in [0.25, 0.3) is 0 Å². The van der Waals surface area contributed by atoms with Crippen LogP contribution in [0.15, 0.2) is 24.3 Å². The minimum atomic E-state index is -0.166. The quantitative estimate of drug-likeness (QED) is 0.934. The van der Waals surface area contributed by atoms with E-state index in [9.17, 15) is 4.39 Å². The molecule has 20 heavy (non-hydrogen) atoms. The first kappa shape index (κ1) is 13.3. The first-order chi connectivity index (χ1) is 9.70. The van der Waals surface area contributed by atoms with Crippen molar-refractivity contribution < 1.29 is 4.39 Å². The predicted molar refractivity (Wildman–Crippen MR) is 77.2 cm³/mol. The third-order valence-corrected chi connectivity index (χ3v) is 4.22. The van der Waals surface area contributed by atoms with Gasteiger partial charge < -0.3 is 5.73 Å². The third kappa shape index (κ3) is 2.24. The number of hydrogen-bond acceptors (Lipinski definition) is 2. The number of nitrogens with two attached hydrogens (primary N) is 1. The average molecular weight is 273 g/mol. The zero-order chi connectivity index (χ0) is 14.1. The van der Waals surface area contributed by atoms with Crippen LogP contribution in [0.3, 0.4) is 0 Å². The first-order valence-corrected chi connectivity index (χ1v) is 7.20. The number of aryl methyl sites for hydroxylation is 1. The van der Waals surface area contributed by atoms with Crippen LogP contribution in [0.2, 0.25) is 0 Å². The van der Waals surface area contributed by atoms with Crippen molar-refractivity contribution in [2.75, 3.05) is 6.54 Å². The standard InChI is InChI=1S/C16H20FN3/c1-11-16-12(9-18)6-4-8-15(16)20(19-11)10-13-5-2-3-7-14(13)17/h2-3,5,7,12H,4,6,8-10,18H2,1H3. The molecule has 0 saturated heterocycles. The van der Waals surface area contributed by atoms with E-state index in [1.165, 1.54) is 17.3 Å². The van der Waals surface area contributed by atoms with Crippen molar-refractivity contribution in [1.82, 2.24) is 9.78 Å². The molecule has 4 heteroatoms. The maximum Gasteiger partial charge on any atom is 0.128 e. The van der Waals surface area contributed by atoms with Gasteiger partial charge in [0.05, 0.1) is 12.2 Å². The molecule has 1 aliphatic carbocycles. The number of rotatable bonds is 3. The van der Waals surface area contributed by atoms with Crippen molar-refractivity contribution in [2.24, 2.45) is 5.73 Å². The molecule has 2 N–H and O–H groups in total. The molecule has 0 fully saturated rings. The molecule has 106 valence electrons. The van der Waals surface area contributed by atoms with Gasteiger partial charge in [-0.15, -0.1) is 0 Å². The van der Waals surface area contributed by atoms with Gasteiger partial charge in [0.1, 0.15) is 5.82 Å². The zero-order valence-corrected chi connectivity index (χ0v) is 11.8. The summed E-state index contributed by atoms with van der Waals surface area (Å²) in [6.07, 6.45) is 3.29. The number of halogens is 1. The number of benzene rings is 1. The fourth-order valence-electron chi connectivity index (χ4n) is 3.25. The summed E-state index contributed by atoms with van der Waals surface area (Å²) < 4.78 is 15.8. The summed E-state index contributed by atoms with van der Waals surface area (Å²) in [5.74, 6) is 0.244. The first-order valence-electron chi connectivity index (χ1n) is 7.20. The Balaban J connectivity index is 1.98. The predicted octanol–water partition coefficient (Wildman–Crippen LogP) is 2.76. The lowest BCUT2D eigenvalue weighted by atomic mass is 9.85. The topological polar surface area (TPSA) is 43.8 Å². The maximum absolute atomic E-state index is 13.8. The van der Waals surface area contributed by atoms with E-state index in [1.807, 2.05) is 23.7 Å². The van der Waals surface area contributed by atoms with Gasteiger partial charge in [0.2, 0.25) is 0 Å². The smallest absolute Gasteiger partial charge is 0.128 e. The lowest BCUT2D eigenvalue weighted by Crippen LogP contribution is -2.19. The fraction of sp³-hybridized carbons (Fsp3) is 0.438. The molecule has 1 aliphatic rings. The second kappa shape index (κ2) is 5.37. The molecule has 0 saturated carbocycles. The van der Waals surface area contributed by atoms with Gasteiger partial charge in [-0.2, -0.15) is 5.10 Å². The lowest BCUT2D eigenvalue weighted by molar-refractivity contribution is 0.524. The van der Waals surface area contributed by atoms with Crippen LogP contribution < -0.4 is 5.73 Å². The van der Waals surface area contributed by atoms with E-state index in [4.69, 9.17) is 5.73 Å². The van der Waals surface area contributed by atoms with E-state index >= 15 is 0 Å². The highest BCUT2D eigenvalue weighted by molar-refractivity contribution is 5.33. The van der Waals surface area contributed by atoms with Crippen molar-refractivity contribution >= 4 is 0 Å². The van der Waals surface area contributed by atoms with Gasteiger partial charge in [0.15, 0.2) is 0 Å². The van der Waals surface area contributed by atoms with E-state index in [2.05, 4.69) is 5.10 Å². The van der Waals surface area contributed by atoms with Crippen LogP contribution in [0.4, 0.5) is 4.39 Å². The third-order valence-electron chi connectivity index (χ3n) is 4.22. The zero-order valence-electron chi connectivity index (χ0n) is 11.8. The highest BCUT2D eigenvalue weighted by Gasteiger charge is 2.26. The molecule has 2 aromatic rings. The summed E-state index contributed by atoms with van der Waals surface area (Å²) in [5.41, 5.74) is 10.2. The van der Waals surface area contributed by atoms with E-state index in [1.54, 1.807) is 6.07 Å². The van der Waals surface area contributed by atoms with E-state index in [-0.39, 0.29) is 5.82 Å². The Hall–Kier alpha value is -1.68. The van der Waals surface area contributed by atoms with Gasteiger partial charge in [-0.3, -0.25) is 4.68 Å². The van der Waals surface area contributed by atoms with E-state index in [0.29, 0.717) is 24.6 Å². The Morgan fingerprint density at radius 3 is 2.95 bits per heavy atom. The Bertz CT molecular complexity index is 618. The molecule has 1 aromatic carbocycles. The lowest BCUT2D eigenvalue weighted by Gasteiger charge is -2.22. The number of nitrogens with zero attached hydrogens (tertiary/aromatic N) is 2. The SMILES string of the molecule is Cc1nn(Cc2ccccc2F)c2c1C(CN)CCC2. The van der Waals surface area contributed by atoms with Gasteiger partial charge in [-0.1, -0.05) is 18.2 Å². The largest absolute Gasteiger partial charge is 0.330 e. The van der Waals surface area contributed by atoms with Crippen LogP contribution in [0, 0.1) is 12.7 Å². The molecule has 0 radical (unpaired) electrons. The van der Waals surface area contributed by atoms with Crippen LogP contribution in [-0.4, -0.2) is 16.3 Å². The molecule has 1 atom stereocenters. The summed E-state index contributed by atoms with van der Waals surface area (Å²) in [6, 6.07) is 6.90. The Morgan fingerprint density at radius 2 is 2.20 bits per heavy atom. The summed E-state index contributed by atoms with van der Waals surface area (Å²) in [5, 5.41) is 4.62. The molecule has 0 bridgehead atoms. The second-order valence-electron chi connectivity index (χ2n) is 5.52. The van der Waals surface area contributed by atoms with Gasteiger partial charge >= 0.3 is 0 Å². The molecule has 3 rings (SSSR count). The maximum atomic E-state index is 13.8. The molecular weight excluding hydrogens is 253 g/mol. The van der Waals surface area contributed by atoms with Gasteiger partial charge in [0, 0.05) is 16.8 Å². The molecule has 0 aliphatic heterocycles. The van der Waals surface area contributed by atoms with Gasteiger partial charge in [-0.25, -0.2) is 4.39 Å². The van der Waals surface area contributed by atoms with E-state index < -0.39 is 0 Å². The second-order valence-corrected chi connectivity index (χ2v) is 5.52. The monoisotopic (exact) mass is 273 g/mol. The Morgan fingerprint density at radius 1 is 1.40 bits per heavy atom. The minimum Gasteiger partial charge on any atom is -0.330 e. The highest BCUT2D eigenvalue weighted by Crippen LogP contribution is 2.33. The van der Waals surface area contributed by atoms with Crippen molar-refractivity contribution in [3.8, 4) is 0 Å². The average Bonchev–Trinajstić information content (AvgIpc) is 2.78. The molecular formula is C16H20FN3. The van der Waals surface area contributed by atoms with E-state index in [0.717, 1.165) is 25.0 Å². The van der Waals surface area contributed by atoms with Crippen molar-refractivity contribution in [3.05, 3.63) is 52.6 Å². The molecule has 3 nitrogen and oxygen atoms in total. The van der Waals surface area contributed by atoms with Crippen molar-refractivity contribution in [3.63, 3.8) is 0 Å². The van der Waals surface area contributed by atoms with Gasteiger partial charge in [-0.05, 0) is 44.7 Å². The molecule has 1 heterocycles. The Kier molecular flexibility index (Phi) is 3.57. The summed E-state index contributed by atoms with van der Waals surface area (Å²) in [7, 11) is 0. The summed E-state index contributed by atoms with van der Waals surface area (Å²) in [6.45, 7) is 3.20. The number of fused-ring (bicyclic) bond motifs is 1. The normalized spacial score (nSPS) is 18.1. The van der Waals surface area contributed by atoms with Crippen LogP contribution in [0.5, 0.6) is 0 Å². The van der Waals surface area contributed by atoms with Crippen LogP contribution >= 0.6 is 0 Å². The van der Waals surface area contributed by atoms with Crippen LogP contribution in [-0.2, 0) is 13.0 Å². The number of hydrogen-bond donors (Lipinski definition) is 1. The van der Waals surface area contributed by atoms with Crippen molar-refractivity contribution in [1.29, 1.82) is 0 Å². The minimum absolute atomic E-state index is 0.166. The Labute approximate surface area is 118 Å². The molecule has 1 unspecified atom stereocenters. The van der Waals surface area contributed by atoms with Crippen LogP contribution in [0.1, 0.15) is 41.3 Å². The fourth-order valence-corrected chi connectivity index (χ4v) is 3.25. The van der Waals surface area contributed by atoms with Crippen LogP contribution in [0.25, 0.3) is 0 Å².